The van der Waals surface area contributed by atoms with Gasteiger partial charge in [-0.3, -0.25) is 0 Å². The monoisotopic (exact) mass is 368 g/mol. The molecule has 2 fully saturated rings. The molecule has 0 N–H and O–H groups in total. The van der Waals surface area contributed by atoms with Crippen molar-refractivity contribution in [3.63, 3.8) is 0 Å². The Kier molecular flexibility index (Phi) is 5.45. The SMILES string of the molecule is Cc1cc(N2CCCCC2)nc(N2CCN(S(=O)(=O)N(C)C)CC2)n1. The Bertz CT molecular complexity index is 695. The summed E-state index contributed by atoms with van der Waals surface area (Å²) in [5.74, 6) is 1.70. The fourth-order valence-electron chi connectivity index (χ4n) is 3.31. The lowest BCUT2D eigenvalue weighted by atomic mass is 10.1. The van der Waals surface area contributed by atoms with E-state index in [0.717, 1.165) is 24.6 Å². The second-order valence-electron chi connectivity index (χ2n) is 6.89. The molecule has 2 aliphatic rings. The standard InChI is InChI=1S/C16H28N6O2S/c1-14-13-15(20-7-5-4-6-8-20)18-16(17-14)21-9-11-22(12-10-21)25(23,24)19(2)3/h13H,4-12H2,1-3H3. The topological polar surface area (TPSA) is 72.9 Å². The van der Waals surface area contributed by atoms with E-state index in [1.54, 1.807) is 14.1 Å². The largest absolute Gasteiger partial charge is 0.356 e. The summed E-state index contributed by atoms with van der Waals surface area (Å²) >= 11 is 0. The molecular formula is C16H28N6O2S. The number of aromatic nitrogens is 2. The summed E-state index contributed by atoms with van der Waals surface area (Å²) in [6.45, 7) is 6.21. The molecule has 0 spiro atoms. The van der Waals surface area contributed by atoms with E-state index in [4.69, 9.17) is 4.98 Å². The fraction of sp³-hybridized carbons (Fsp3) is 0.750. The molecule has 0 saturated carbocycles. The van der Waals surface area contributed by atoms with E-state index in [0.29, 0.717) is 32.1 Å². The van der Waals surface area contributed by atoms with Gasteiger partial charge in [-0.1, -0.05) is 0 Å². The van der Waals surface area contributed by atoms with Crippen LogP contribution in [0.5, 0.6) is 0 Å². The molecule has 0 bridgehead atoms. The molecule has 0 amide bonds. The second-order valence-corrected chi connectivity index (χ2v) is 9.03. The van der Waals surface area contributed by atoms with Crippen molar-refractivity contribution in [3.05, 3.63) is 11.8 Å². The zero-order valence-electron chi connectivity index (χ0n) is 15.3. The number of hydrogen-bond acceptors (Lipinski definition) is 6. The quantitative estimate of drug-likeness (QED) is 0.779. The maximum atomic E-state index is 12.2. The third-order valence-electron chi connectivity index (χ3n) is 4.82. The van der Waals surface area contributed by atoms with Crippen molar-refractivity contribution in [2.45, 2.75) is 26.2 Å². The predicted molar refractivity (Wildman–Crippen MR) is 99.2 cm³/mol. The zero-order valence-corrected chi connectivity index (χ0v) is 16.2. The molecule has 0 aromatic carbocycles. The highest BCUT2D eigenvalue weighted by atomic mass is 32.2. The van der Waals surface area contributed by atoms with E-state index in [2.05, 4.69) is 14.8 Å². The molecule has 3 heterocycles. The number of aryl methyl sites for hydroxylation is 1. The first-order valence-corrected chi connectivity index (χ1v) is 10.3. The lowest BCUT2D eigenvalue weighted by Gasteiger charge is -2.35. The molecular weight excluding hydrogens is 340 g/mol. The zero-order chi connectivity index (χ0) is 18.0. The molecule has 2 aliphatic heterocycles. The number of hydrogen-bond donors (Lipinski definition) is 0. The predicted octanol–water partition coefficient (Wildman–Crippen LogP) is 0.704. The van der Waals surface area contributed by atoms with Crippen molar-refractivity contribution in [1.29, 1.82) is 0 Å². The summed E-state index contributed by atoms with van der Waals surface area (Å²) < 4.78 is 27.3. The van der Waals surface area contributed by atoms with Gasteiger partial charge in [0.15, 0.2) is 0 Å². The van der Waals surface area contributed by atoms with Crippen LogP contribution in [0.3, 0.4) is 0 Å². The Morgan fingerprint density at radius 2 is 1.56 bits per heavy atom. The number of anilines is 2. The third kappa shape index (κ3) is 4.04. The van der Waals surface area contributed by atoms with Gasteiger partial charge in [0.05, 0.1) is 0 Å². The molecule has 1 aromatic rings. The Balaban J connectivity index is 1.72. The van der Waals surface area contributed by atoms with Crippen molar-refractivity contribution in [3.8, 4) is 0 Å². The van der Waals surface area contributed by atoms with Crippen LogP contribution in [-0.2, 0) is 10.2 Å². The van der Waals surface area contributed by atoms with Gasteiger partial charge in [0.1, 0.15) is 5.82 Å². The maximum absolute atomic E-state index is 12.2. The molecule has 3 rings (SSSR count). The molecule has 1 aromatic heterocycles. The van der Waals surface area contributed by atoms with Crippen LogP contribution in [0.1, 0.15) is 25.0 Å². The molecule has 9 heteroatoms. The summed E-state index contributed by atoms with van der Waals surface area (Å²) in [5.41, 5.74) is 0.953. The third-order valence-corrected chi connectivity index (χ3v) is 6.76. The average Bonchev–Trinajstić information content (AvgIpc) is 2.62. The summed E-state index contributed by atoms with van der Waals surface area (Å²) in [6, 6.07) is 2.04. The van der Waals surface area contributed by atoms with Crippen LogP contribution < -0.4 is 9.80 Å². The van der Waals surface area contributed by atoms with Crippen molar-refractivity contribution in [2.24, 2.45) is 0 Å². The number of rotatable bonds is 4. The van der Waals surface area contributed by atoms with Crippen molar-refractivity contribution in [1.82, 2.24) is 18.6 Å². The van der Waals surface area contributed by atoms with Gasteiger partial charge in [0.25, 0.3) is 10.2 Å². The van der Waals surface area contributed by atoms with Crippen molar-refractivity contribution >= 4 is 22.0 Å². The fourth-order valence-corrected chi connectivity index (χ4v) is 4.40. The molecule has 140 valence electrons. The Labute approximate surface area is 150 Å². The molecule has 8 nitrogen and oxygen atoms in total. The molecule has 0 atom stereocenters. The molecule has 0 radical (unpaired) electrons. The first kappa shape index (κ1) is 18.3. The second kappa shape index (κ2) is 7.43. The van der Waals surface area contributed by atoms with E-state index in [-0.39, 0.29) is 0 Å². The Morgan fingerprint density at radius 1 is 0.920 bits per heavy atom. The van der Waals surface area contributed by atoms with Crippen LogP contribution in [0, 0.1) is 6.92 Å². The van der Waals surface area contributed by atoms with E-state index in [9.17, 15) is 8.42 Å². The van der Waals surface area contributed by atoms with Gasteiger partial charge in [0, 0.05) is 65.1 Å². The number of nitrogens with zero attached hydrogens (tertiary/aromatic N) is 6. The summed E-state index contributed by atoms with van der Waals surface area (Å²) in [5, 5.41) is 0. The highest BCUT2D eigenvalue weighted by molar-refractivity contribution is 7.86. The first-order valence-electron chi connectivity index (χ1n) is 8.91. The van der Waals surface area contributed by atoms with Gasteiger partial charge >= 0.3 is 0 Å². The Hall–Kier alpha value is -1.45. The number of piperazine rings is 1. The van der Waals surface area contributed by atoms with Gasteiger partial charge in [-0.15, -0.1) is 0 Å². The summed E-state index contributed by atoms with van der Waals surface area (Å²) in [6.07, 6.45) is 3.70. The number of piperidine rings is 1. The average molecular weight is 369 g/mol. The van der Waals surface area contributed by atoms with Crippen molar-refractivity contribution < 1.29 is 8.42 Å². The summed E-state index contributed by atoms with van der Waals surface area (Å²) in [7, 11) is -0.217. The molecule has 0 aliphatic carbocycles. The van der Waals surface area contributed by atoms with Crippen LogP contribution >= 0.6 is 0 Å². The highest BCUT2D eigenvalue weighted by Crippen LogP contribution is 2.22. The van der Waals surface area contributed by atoms with Gasteiger partial charge in [0.2, 0.25) is 5.95 Å². The minimum absolute atomic E-state index is 0.455. The molecule has 25 heavy (non-hydrogen) atoms. The summed E-state index contributed by atoms with van der Waals surface area (Å²) in [4.78, 5) is 13.8. The lowest BCUT2D eigenvalue weighted by Crippen LogP contribution is -2.52. The van der Waals surface area contributed by atoms with Gasteiger partial charge in [-0.05, 0) is 26.2 Å². The van der Waals surface area contributed by atoms with E-state index >= 15 is 0 Å². The Morgan fingerprint density at radius 3 is 2.16 bits per heavy atom. The van der Waals surface area contributed by atoms with Crippen LogP contribution in [0.25, 0.3) is 0 Å². The molecule has 2 saturated heterocycles. The van der Waals surface area contributed by atoms with E-state index in [1.165, 1.54) is 27.9 Å². The first-order chi connectivity index (χ1) is 11.9. The van der Waals surface area contributed by atoms with Crippen LogP contribution in [0.2, 0.25) is 0 Å². The van der Waals surface area contributed by atoms with Crippen LogP contribution in [0.4, 0.5) is 11.8 Å². The van der Waals surface area contributed by atoms with E-state index in [1.807, 2.05) is 13.0 Å². The van der Waals surface area contributed by atoms with E-state index < -0.39 is 10.2 Å². The minimum Gasteiger partial charge on any atom is -0.356 e. The highest BCUT2D eigenvalue weighted by Gasteiger charge is 2.29. The maximum Gasteiger partial charge on any atom is 0.281 e. The smallest absolute Gasteiger partial charge is 0.281 e. The van der Waals surface area contributed by atoms with Crippen molar-refractivity contribution in [2.75, 3.05) is 63.2 Å². The molecule has 0 unspecified atom stereocenters. The van der Waals surface area contributed by atoms with Crippen LogP contribution in [-0.4, -0.2) is 80.4 Å². The van der Waals surface area contributed by atoms with Crippen LogP contribution in [0.15, 0.2) is 6.07 Å². The van der Waals surface area contributed by atoms with Gasteiger partial charge in [-0.25, -0.2) is 4.98 Å². The lowest BCUT2D eigenvalue weighted by molar-refractivity contribution is 0.354. The van der Waals surface area contributed by atoms with Gasteiger partial charge in [-0.2, -0.15) is 22.0 Å². The normalized spacial score (nSPS) is 20.3. The van der Waals surface area contributed by atoms with Gasteiger partial charge < -0.3 is 9.80 Å². The minimum atomic E-state index is -3.35.